The van der Waals surface area contributed by atoms with Gasteiger partial charge in [-0.15, -0.1) is 0 Å². The first-order valence-electron chi connectivity index (χ1n) is 6.62. The molecular weight excluding hydrogens is 311 g/mol. The van der Waals surface area contributed by atoms with Gasteiger partial charge >= 0.3 is 6.18 Å². The van der Waals surface area contributed by atoms with Crippen molar-refractivity contribution in [1.29, 1.82) is 0 Å². The Labute approximate surface area is 128 Å². The average Bonchev–Trinajstić information content (AvgIpc) is 3.00. The fourth-order valence-electron chi connectivity index (χ4n) is 2.02. The molecule has 1 N–H and O–H groups in total. The van der Waals surface area contributed by atoms with Crippen LogP contribution in [0, 0.1) is 0 Å². The minimum atomic E-state index is -4.55. The van der Waals surface area contributed by atoms with Crippen LogP contribution in [0.4, 0.5) is 19.0 Å². The van der Waals surface area contributed by atoms with Gasteiger partial charge in [0, 0.05) is 12.6 Å². The molecule has 0 fully saturated rings. The molecule has 1 aromatic carbocycles. The number of aromatic nitrogens is 4. The third kappa shape index (κ3) is 3.17. The number of fused-ring (bicyclic) bond motifs is 1. The molecule has 9 heteroatoms. The van der Waals surface area contributed by atoms with Gasteiger partial charge in [-0.3, -0.25) is 0 Å². The minimum Gasteiger partial charge on any atom is -0.497 e. The highest BCUT2D eigenvalue weighted by Gasteiger charge is 2.34. The van der Waals surface area contributed by atoms with Crippen LogP contribution in [-0.4, -0.2) is 26.7 Å². The van der Waals surface area contributed by atoms with Gasteiger partial charge < -0.3 is 10.1 Å². The fraction of sp³-hybridized carbons (Fsp3) is 0.214. The van der Waals surface area contributed by atoms with Crippen LogP contribution in [0.5, 0.6) is 5.75 Å². The van der Waals surface area contributed by atoms with Gasteiger partial charge in [0.15, 0.2) is 5.69 Å². The van der Waals surface area contributed by atoms with E-state index in [-0.39, 0.29) is 11.6 Å². The molecule has 0 unspecified atom stereocenters. The molecule has 0 aliphatic carbocycles. The molecule has 0 saturated heterocycles. The molecule has 23 heavy (non-hydrogen) atoms. The highest BCUT2D eigenvalue weighted by molar-refractivity contribution is 5.46. The molecule has 0 amide bonds. The van der Waals surface area contributed by atoms with Crippen molar-refractivity contribution in [2.75, 3.05) is 12.4 Å². The lowest BCUT2D eigenvalue weighted by atomic mass is 10.2. The first kappa shape index (κ1) is 15.1. The number of halogens is 3. The maximum Gasteiger partial charge on any atom is 0.433 e. The number of alkyl halides is 3. The summed E-state index contributed by atoms with van der Waals surface area (Å²) in [6.45, 7) is 0.320. The van der Waals surface area contributed by atoms with Crippen molar-refractivity contribution in [3.8, 4) is 5.75 Å². The lowest BCUT2D eigenvalue weighted by molar-refractivity contribution is -0.141. The summed E-state index contributed by atoms with van der Waals surface area (Å²) >= 11 is 0. The van der Waals surface area contributed by atoms with Gasteiger partial charge in [0.05, 0.1) is 7.11 Å². The number of methoxy groups -OCH3 is 1. The predicted octanol–water partition coefficient (Wildman–Crippen LogP) is 2.76. The first-order chi connectivity index (χ1) is 11.0. The Balaban J connectivity index is 1.87. The summed E-state index contributed by atoms with van der Waals surface area (Å²) < 4.78 is 44.9. The zero-order valence-corrected chi connectivity index (χ0v) is 12.0. The van der Waals surface area contributed by atoms with E-state index in [1.165, 1.54) is 4.52 Å². The molecule has 0 radical (unpaired) electrons. The predicted molar refractivity (Wildman–Crippen MR) is 76.1 cm³/mol. The lowest BCUT2D eigenvalue weighted by Gasteiger charge is -2.11. The zero-order chi connectivity index (χ0) is 16.4. The van der Waals surface area contributed by atoms with Crippen molar-refractivity contribution < 1.29 is 17.9 Å². The number of hydrogen-bond acceptors (Lipinski definition) is 5. The Morgan fingerprint density at radius 3 is 2.61 bits per heavy atom. The summed E-state index contributed by atoms with van der Waals surface area (Å²) in [4.78, 5) is 7.17. The third-order valence-corrected chi connectivity index (χ3v) is 3.17. The molecule has 0 spiro atoms. The first-order valence-corrected chi connectivity index (χ1v) is 6.62. The van der Waals surface area contributed by atoms with Crippen molar-refractivity contribution in [3.63, 3.8) is 0 Å². The number of anilines is 1. The van der Waals surface area contributed by atoms with Crippen molar-refractivity contribution in [2.24, 2.45) is 0 Å². The number of nitrogens with one attached hydrogen (secondary N) is 1. The molecule has 0 atom stereocenters. The summed E-state index contributed by atoms with van der Waals surface area (Å²) in [7, 11) is 1.56. The Kier molecular flexibility index (Phi) is 3.77. The lowest BCUT2D eigenvalue weighted by Crippen LogP contribution is -2.13. The molecule has 6 nitrogen and oxygen atoms in total. The summed E-state index contributed by atoms with van der Waals surface area (Å²) in [5, 5.41) is 6.79. The van der Waals surface area contributed by atoms with Crippen molar-refractivity contribution in [1.82, 2.24) is 19.6 Å². The maximum absolute atomic E-state index is 12.9. The summed E-state index contributed by atoms with van der Waals surface area (Å²) in [6.07, 6.45) is -3.40. The van der Waals surface area contributed by atoms with Crippen molar-refractivity contribution >= 4 is 11.6 Å². The van der Waals surface area contributed by atoms with E-state index < -0.39 is 11.9 Å². The molecule has 0 saturated carbocycles. The van der Waals surface area contributed by atoms with E-state index in [4.69, 9.17) is 4.74 Å². The molecule has 0 bridgehead atoms. The Morgan fingerprint density at radius 2 is 1.96 bits per heavy atom. The SMILES string of the molecule is COc1ccc(CNc2cc(C(F)(F)F)nc3ncnn23)cc1. The smallest absolute Gasteiger partial charge is 0.433 e. The van der Waals surface area contributed by atoms with Gasteiger partial charge in [0.1, 0.15) is 17.9 Å². The Morgan fingerprint density at radius 1 is 1.22 bits per heavy atom. The van der Waals surface area contributed by atoms with Gasteiger partial charge in [-0.1, -0.05) is 12.1 Å². The van der Waals surface area contributed by atoms with Crippen LogP contribution in [0.15, 0.2) is 36.7 Å². The van der Waals surface area contributed by atoms with Gasteiger partial charge in [-0.05, 0) is 17.7 Å². The van der Waals surface area contributed by atoms with Gasteiger partial charge in [0.25, 0.3) is 5.78 Å². The molecule has 3 rings (SSSR count). The van der Waals surface area contributed by atoms with E-state index in [0.717, 1.165) is 18.0 Å². The maximum atomic E-state index is 12.9. The second kappa shape index (κ2) is 5.75. The van der Waals surface area contributed by atoms with Crippen LogP contribution in [0.1, 0.15) is 11.3 Å². The number of hydrogen-bond donors (Lipinski definition) is 1. The van der Waals surface area contributed by atoms with Gasteiger partial charge in [0.2, 0.25) is 0 Å². The van der Waals surface area contributed by atoms with E-state index in [9.17, 15) is 13.2 Å². The van der Waals surface area contributed by atoms with E-state index >= 15 is 0 Å². The van der Waals surface area contributed by atoms with Gasteiger partial charge in [-0.2, -0.15) is 27.8 Å². The van der Waals surface area contributed by atoms with Crippen molar-refractivity contribution in [2.45, 2.75) is 12.7 Å². The summed E-state index contributed by atoms with van der Waals surface area (Å²) in [6, 6.07) is 8.09. The second-order valence-corrected chi connectivity index (χ2v) is 4.70. The fourth-order valence-corrected chi connectivity index (χ4v) is 2.02. The van der Waals surface area contributed by atoms with Crippen LogP contribution in [-0.2, 0) is 12.7 Å². The topological polar surface area (TPSA) is 64.3 Å². The number of ether oxygens (including phenoxy) is 1. The highest BCUT2D eigenvalue weighted by Crippen LogP contribution is 2.29. The van der Waals surface area contributed by atoms with Crippen molar-refractivity contribution in [3.05, 3.63) is 47.9 Å². The van der Waals surface area contributed by atoms with Crippen LogP contribution in [0.25, 0.3) is 5.78 Å². The third-order valence-electron chi connectivity index (χ3n) is 3.17. The monoisotopic (exact) mass is 323 g/mol. The Bertz CT molecular complexity index is 813. The highest BCUT2D eigenvalue weighted by atomic mass is 19.4. The van der Waals surface area contributed by atoms with E-state index in [0.29, 0.717) is 12.3 Å². The molecular formula is C14H12F3N5O. The molecule has 2 heterocycles. The number of nitrogens with zero attached hydrogens (tertiary/aromatic N) is 4. The zero-order valence-electron chi connectivity index (χ0n) is 12.0. The quantitative estimate of drug-likeness (QED) is 0.800. The number of rotatable bonds is 4. The standard InChI is InChI=1S/C14H12F3N5O/c1-23-10-4-2-9(3-5-10)7-18-12-6-11(14(15,16)17)21-13-19-8-20-22(12)13/h2-6,8,18H,7H2,1H3. The molecule has 120 valence electrons. The largest absolute Gasteiger partial charge is 0.497 e. The number of benzene rings is 1. The van der Waals surface area contributed by atoms with E-state index in [2.05, 4.69) is 20.4 Å². The average molecular weight is 323 g/mol. The normalized spacial score (nSPS) is 11.7. The molecule has 3 aromatic rings. The van der Waals surface area contributed by atoms with Crippen LogP contribution >= 0.6 is 0 Å². The van der Waals surface area contributed by atoms with Crippen LogP contribution < -0.4 is 10.1 Å². The molecule has 2 aromatic heterocycles. The van der Waals surface area contributed by atoms with E-state index in [1.54, 1.807) is 19.2 Å². The summed E-state index contributed by atoms with van der Waals surface area (Å²) in [5.74, 6) is 0.753. The van der Waals surface area contributed by atoms with Crippen LogP contribution in [0.2, 0.25) is 0 Å². The molecule has 0 aliphatic rings. The van der Waals surface area contributed by atoms with Crippen LogP contribution in [0.3, 0.4) is 0 Å². The van der Waals surface area contributed by atoms with E-state index in [1.807, 2.05) is 12.1 Å². The summed E-state index contributed by atoms with van der Waals surface area (Å²) in [5.41, 5.74) is -0.139. The van der Waals surface area contributed by atoms with Gasteiger partial charge in [-0.25, -0.2) is 4.98 Å². The minimum absolute atomic E-state index is 0.114. The Hall–Kier alpha value is -2.84. The molecule has 0 aliphatic heterocycles. The second-order valence-electron chi connectivity index (χ2n) is 4.70.